The molecule has 2 unspecified atom stereocenters. The van der Waals surface area contributed by atoms with E-state index in [2.05, 4.69) is 34.5 Å². The molecule has 0 bridgehead atoms. The lowest BCUT2D eigenvalue weighted by Crippen LogP contribution is -2.43. The van der Waals surface area contributed by atoms with Crippen LogP contribution in [0.25, 0.3) is 0 Å². The SMILES string of the molecule is COCCNCC1CCCN(CC2Cc3ccccc32)C1. The van der Waals surface area contributed by atoms with Crippen LogP contribution in [0.15, 0.2) is 24.3 Å². The summed E-state index contributed by atoms with van der Waals surface area (Å²) >= 11 is 0. The second-order valence-corrected chi connectivity index (χ2v) is 6.56. The van der Waals surface area contributed by atoms with Crippen molar-refractivity contribution in [3.63, 3.8) is 0 Å². The highest BCUT2D eigenvalue weighted by atomic mass is 16.5. The van der Waals surface area contributed by atoms with E-state index >= 15 is 0 Å². The minimum atomic E-state index is 0.779. The highest BCUT2D eigenvalue weighted by Gasteiger charge is 2.29. The highest BCUT2D eigenvalue weighted by Crippen LogP contribution is 2.35. The fourth-order valence-corrected chi connectivity index (χ4v) is 3.80. The van der Waals surface area contributed by atoms with E-state index in [1.54, 1.807) is 18.2 Å². The van der Waals surface area contributed by atoms with Gasteiger partial charge in [-0.05, 0) is 49.4 Å². The fourth-order valence-electron chi connectivity index (χ4n) is 3.80. The Bertz CT molecular complexity index is 449. The summed E-state index contributed by atoms with van der Waals surface area (Å²) in [6.45, 7) is 6.73. The van der Waals surface area contributed by atoms with Crippen LogP contribution in [0.3, 0.4) is 0 Å². The zero-order valence-corrected chi connectivity index (χ0v) is 13.2. The molecule has 1 aliphatic carbocycles. The van der Waals surface area contributed by atoms with Crippen molar-refractivity contribution < 1.29 is 4.74 Å². The van der Waals surface area contributed by atoms with Gasteiger partial charge in [0.2, 0.25) is 0 Å². The first-order chi connectivity index (χ1) is 10.4. The van der Waals surface area contributed by atoms with E-state index in [9.17, 15) is 0 Å². The van der Waals surface area contributed by atoms with Gasteiger partial charge in [-0.2, -0.15) is 0 Å². The van der Waals surface area contributed by atoms with Crippen LogP contribution in [-0.2, 0) is 11.2 Å². The minimum Gasteiger partial charge on any atom is -0.383 e. The van der Waals surface area contributed by atoms with Crippen molar-refractivity contribution in [2.75, 3.05) is 46.4 Å². The van der Waals surface area contributed by atoms with Crippen LogP contribution in [0.2, 0.25) is 0 Å². The molecule has 2 aliphatic rings. The monoisotopic (exact) mass is 288 g/mol. The molecule has 1 fully saturated rings. The number of benzene rings is 1. The van der Waals surface area contributed by atoms with E-state index in [4.69, 9.17) is 4.74 Å². The Morgan fingerprint density at radius 3 is 3.10 bits per heavy atom. The van der Waals surface area contributed by atoms with Crippen molar-refractivity contribution in [1.29, 1.82) is 0 Å². The largest absolute Gasteiger partial charge is 0.383 e. The summed E-state index contributed by atoms with van der Waals surface area (Å²) in [5.41, 5.74) is 3.16. The molecule has 21 heavy (non-hydrogen) atoms. The van der Waals surface area contributed by atoms with Gasteiger partial charge in [0.1, 0.15) is 0 Å². The molecule has 1 aromatic carbocycles. The topological polar surface area (TPSA) is 24.5 Å². The van der Waals surface area contributed by atoms with Crippen LogP contribution in [0.5, 0.6) is 0 Å². The van der Waals surface area contributed by atoms with Gasteiger partial charge in [0.05, 0.1) is 6.61 Å². The Morgan fingerprint density at radius 2 is 2.24 bits per heavy atom. The molecule has 116 valence electrons. The average molecular weight is 288 g/mol. The van der Waals surface area contributed by atoms with Crippen LogP contribution < -0.4 is 5.32 Å². The lowest BCUT2D eigenvalue weighted by atomic mass is 9.77. The minimum absolute atomic E-state index is 0.779. The second-order valence-electron chi connectivity index (χ2n) is 6.56. The molecule has 1 aromatic rings. The number of nitrogens with zero attached hydrogens (tertiary/aromatic N) is 1. The molecular formula is C18H28N2O. The number of hydrogen-bond donors (Lipinski definition) is 1. The molecule has 1 aliphatic heterocycles. The van der Waals surface area contributed by atoms with Crippen molar-refractivity contribution >= 4 is 0 Å². The van der Waals surface area contributed by atoms with Crippen LogP contribution >= 0.6 is 0 Å². The van der Waals surface area contributed by atoms with E-state index in [1.165, 1.54) is 38.9 Å². The second kappa shape index (κ2) is 7.39. The van der Waals surface area contributed by atoms with E-state index < -0.39 is 0 Å². The van der Waals surface area contributed by atoms with Gasteiger partial charge in [-0.25, -0.2) is 0 Å². The number of nitrogens with one attached hydrogen (secondary N) is 1. The molecule has 2 atom stereocenters. The maximum atomic E-state index is 5.09. The Labute approximate surface area is 128 Å². The first-order valence-corrected chi connectivity index (χ1v) is 8.36. The number of rotatable bonds is 7. The zero-order valence-electron chi connectivity index (χ0n) is 13.2. The Balaban J connectivity index is 1.42. The van der Waals surface area contributed by atoms with Gasteiger partial charge in [-0.15, -0.1) is 0 Å². The molecular weight excluding hydrogens is 260 g/mol. The Hall–Kier alpha value is -0.900. The summed E-state index contributed by atoms with van der Waals surface area (Å²) in [4.78, 5) is 2.69. The molecule has 0 aromatic heterocycles. The summed E-state index contributed by atoms with van der Waals surface area (Å²) in [5.74, 6) is 1.59. The summed E-state index contributed by atoms with van der Waals surface area (Å²) in [6.07, 6.45) is 4.01. The maximum Gasteiger partial charge on any atom is 0.0587 e. The van der Waals surface area contributed by atoms with E-state index in [-0.39, 0.29) is 0 Å². The van der Waals surface area contributed by atoms with Crippen LogP contribution in [0.1, 0.15) is 29.9 Å². The van der Waals surface area contributed by atoms with Crippen molar-refractivity contribution in [1.82, 2.24) is 10.2 Å². The molecule has 3 heteroatoms. The van der Waals surface area contributed by atoms with Gasteiger partial charge in [-0.3, -0.25) is 0 Å². The van der Waals surface area contributed by atoms with Gasteiger partial charge in [0.15, 0.2) is 0 Å². The number of likely N-dealkylation sites (tertiary alicyclic amines) is 1. The standard InChI is InChI=1S/C18H28N2O/c1-21-10-8-19-12-15-5-4-9-20(13-15)14-17-11-16-6-2-3-7-18(16)17/h2-3,6-7,15,17,19H,4-5,8-14H2,1H3. The van der Waals surface area contributed by atoms with E-state index in [0.717, 1.165) is 31.5 Å². The molecule has 1 saturated heterocycles. The number of methoxy groups -OCH3 is 1. The quantitative estimate of drug-likeness (QED) is 0.779. The summed E-state index contributed by atoms with van der Waals surface area (Å²) in [5, 5.41) is 3.52. The van der Waals surface area contributed by atoms with Gasteiger partial charge in [0, 0.05) is 32.7 Å². The van der Waals surface area contributed by atoms with Crippen molar-refractivity contribution in [2.24, 2.45) is 5.92 Å². The number of piperidine rings is 1. The fraction of sp³-hybridized carbons (Fsp3) is 0.667. The summed E-state index contributed by atoms with van der Waals surface area (Å²) < 4.78 is 5.09. The van der Waals surface area contributed by atoms with E-state index in [1.807, 2.05) is 0 Å². The molecule has 1 heterocycles. The first-order valence-electron chi connectivity index (χ1n) is 8.36. The third kappa shape index (κ3) is 3.85. The highest BCUT2D eigenvalue weighted by molar-refractivity contribution is 5.40. The lowest BCUT2D eigenvalue weighted by Gasteiger charge is -2.39. The molecule has 1 N–H and O–H groups in total. The summed E-state index contributed by atoms with van der Waals surface area (Å²) in [7, 11) is 1.76. The van der Waals surface area contributed by atoms with Gasteiger partial charge in [-0.1, -0.05) is 24.3 Å². The van der Waals surface area contributed by atoms with Crippen molar-refractivity contribution in [3.8, 4) is 0 Å². The van der Waals surface area contributed by atoms with Crippen LogP contribution in [0, 0.1) is 5.92 Å². The van der Waals surface area contributed by atoms with E-state index in [0.29, 0.717) is 0 Å². The first kappa shape index (κ1) is 15.0. The third-order valence-corrected chi connectivity index (χ3v) is 4.96. The summed E-state index contributed by atoms with van der Waals surface area (Å²) in [6, 6.07) is 8.95. The zero-order chi connectivity index (χ0) is 14.5. The Kier molecular flexibility index (Phi) is 5.28. The molecule has 0 amide bonds. The predicted molar refractivity (Wildman–Crippen MR) is 86.8 cm³/mol. The number of fused-ring (bicyclic) bond motifs is 1. The van der Waals surface area contributed by atoms with Gasteiger partial charge < -0.3 is 15.0 Å². The van der Waals surface area contributed by atoms with Crippen molar-refractivity contribution in [3.05, 3.63) is 35.4 Å². The molecule has 3 rings (SSSR count). The Morgan fingerprint density at radius 1 is 1.33 bits per heavy atom. The van der Waals surface area contributed by atoms with Gasteiger partial charge >= 0.3 is 0 Å². The smallest absolute Gasteiger partial charge is 0.0587 e. The van der Waals surface area contributed by atoms with Crippen LogP contribution in [0.4, 0.5) is 0 Å². The van der Waals surface area contributed by atoms with Gasteiger partial charge in [0.25, 0.3) is 0 Å². The molecule has 0 saturated carbocycles. The maximum absolute atomic E-state index is 5.09. The molecule has 3 nitrogen and oxygen atoms in total. The average Bonchev–Trinajstić information content (AvgIpc) is 2.50. The van der Waals surface area contributed by atoms with Crippen LogP contribution in [-0.4, -0.2) is 51.3 Å². The number of hydrogen-bond acceptors (Lipinski definition) is 3. The molecule has 0 radical (unpaired) electrons. The molecule has 0 spiro atoms. The third-order valence-electron chi connectivity index (χ3n) is 4.96. The predicted octanol–water partition coefficient (Wildman–Crippen LogP) is 2.27. The lowest BCUT2D eigenvalue weighted by molar-refractivity contribution is 0.154. The normalized spacial score (nSPS) is 25.4. The van der Waals surface area contributed by atoms with Crippen molar-refractivity contribution in [2.45, 2.75) is 25.2 Å². The number of ether oxygens (including phenoxy) is 1.